The summed E-state index contributed by atoms with van der Waals surface area (Å²) in [6.07, 6.45) is 1.29. The first-order valence-corrected chi connectivity index (χ1v) is 11.4. The molecule has 1 fully saturated rings. The number of anilines is 1. The molecule has 0 unspecified atom stereocenters. The van der Waals surface area contributed by atoms with E-state index in [1.54, 1.807) is 18.0 Å². The molecule has 1 saturated heterocycles. The molecule has 1 amide bonds. The average molecular weight is 437 g/mol. The Labute approximate surface area is 177 Å². The predicted molar refractivity (Wildman–Crippen MR) is 114 cm³/mol. The van der Waals surface area contributed by atoms with Crippen molar-refractivity contribution in [3.63, 3.8) is 0 Å². The van der Waals surface area contributed by atoms with Crippen LogP contribution < -0.4 is 9.64 Å². The number of carbonyl (C=O) groups is 1. The van der Waals surface area contributed by atoms with Crippen LogP contribution in [0.4, 0.5) is 5.69 Å². The van der Waals surface area contributed by atoms with Gasteiger partial charge in [0.15, 0.2) is 0 Å². The SMILES string of the molecule is CCOc1ccc(S(=O)(=O)N2CCC[C@@H](C(=O)N(C)c3ccccc3)C2)cc1Cl. The van der Waals surface area contributed by atoms with E-state index in [1.165, 1.54) is 16.4 Å². The Morgan fingerprint density at radius 2 is 1.97 bits per heavy atom. The fourth-order valence-corrected chi connectivity index (χ4v) is 5.33. The Bertz CT molecular complexity index is 966. The fourth-order valence-electron chi connectivity index (χ4n) is 3.48. The van der Waals surface area contributed by atoms with E-state index >= 15 is 0 Å². The molecule has 0 aliphatic carbocycles. The number of hydrogen-bond acceptors (Lipinski definition) is 4. The first-order chi connectivity index (χ1) is 13.8. The standard InChI is InChI=1S/C21H25ClN2O4S/c1-3-28-20-12-11-18(14-19(20)22)29(26,27)24-13-7-8-16(15-24)21(25)23(2)17-9-5-4-6-10-17/h4-6,9-12,14,16H,3,7-8,13,15H2,1-2H3/t16-/m1/s1. The van der Waals surface area contributed by atoms with E-state index < -0.39 is 10.0 Å². The number of hydrogen-bond donors (Lipinski definition) is 0. The highest BCUT2D eigenvalue weighted by Crippen LogP contribution is 2.31. The normalized spacial score (nSPS) is 17.7. The number of halogens is 1. The topological polar surface area (TPSA) is 66.9 Å². The Morgan fingerprint density at radius 3 is 2.62 bits per heavy atom. The highest BCUT2D eigenvalue weighted by molar-refractivity contribution is 7.89. The number of para-hydroxylation sites is 1. The van der Waals surface area contributed by atoms with E-state index in [1.807, 2.05) is 37.3 Å². The molecule has 3 rings (SSSR count). The lowest BCUT2D eigenvalue weighted by Gasteiger charge is -2.33. The fraction of sp³-hybridized carbons (Fsp3) is 0.381. The van der Waals surface area contributed by atoms with Gasteiger partial charge in [0.05, 0.1) is 22.4 Å². The van der Waals surface area contributed by atoms with Gasteiger partial charge in [0, 0.05) is 25.8 Å². The lowest BCUT2D eigenvalue weighted by atomic mass is 9.98. The van der Waals surface area contributed by atoms with Crippen LogP contribution in [0.25, 0.3) is 0 Å². The molecule has 6 nitrogen and oxygen atoms in total. The van der Waals surface area contributed by atoms with Crippen LogP contribution >= 0.6 is 11.6 Å². The molecule has 1 atom stereocenters. The number of rotatable bonds is 6. The van der Waals surface area contributed by atoms with Gasteiger partial charge in [-0.05, 0) is 50.1 Å². The van der Waals surface area contributed by atoms with Crippen molar-refractivity contribution in [1.82, 2.24) is 4.31 Å². The third-order valence-electron chi connectivity index (χ3n) is 5.05. The Kier molecular flexibility index (Phi) is 6.82. The molecule has 0 radical (unpaired) electrons. The molecule has 0 aromatic heterocycles. The maximum Gasteiger partial charge on any atom is 0.243 e. The zero-order valence-corrected chi connectivity index (χ0v) is 18.1. The van der Waals surface area contributed by atoms with Gasteiger partial charge in [-0.25, -0.2) is 8.42 Å². The Morgan fingerprint density at radius 1 is 1.24 bits per heavy atom. The van der Waals surface area contributed by atoms with Crippen LogP contribution in [-0.2, 0) is 14.8 Å². The second kappa shape index (κ2) is 9.15. The van der Waals surface area contributed by atoms with Crippen LogP contribution in [0.15, 0.2) is 53.4 Å². The highest BCUT2D eigenvalue weighted by Gasteiger charge is 2.35. The molecule has 1 aliphatic heterocycles. The van der Waals surface area contributed by atoms with Gasteiger partial charge >= 0.3 is 0 Å². The molecule has 0 N–H and O–H groups in total. The summed E-state index contributed by atoms with van der Waals surface area (Å²) in [4.78, 5) is 14.6. The molecule has 156 valence electrons. The average Bonchev–Trinajstić information content (AvgIpc) is 2.75. The number of nitrogens with zero attached hydrogens (tertiary/aromatic N) is 2. The van der Waals surface area contributed by atoms with Crippen LogP contribution in [0.2, 0.25) is 5.02 Å². The minimum atomic E-state index is -3.75. The van der Waals surface area contributed by atoms with E-state index in [0.717, 1.165) is 5.69 Å². The molecule has 2 aromatic rings. The van der Waals surface area contributed by atoms with Crippen molar-refractivity contribution in [2.75, 3.05) is 31.6 Å². The summed E-state index contributed by atoms with van der Waals surface area (Å²) in [5.41, 5.74) is 0.788. The van der Waals surface area contributed by atoms with Crippen molar-refractivity contribution in [3.05, 3.63) is 53.6 Å². The largest absolute Gasteiger partial charge is 0.492 e. The second-order valence-corrected chi connectivity index (χ2v) is 9.31. The molecular formula is C21H25ClN2O4S. The van der Waals surface area contributed by atoms with Gasteiger partial charge in [0.1, 0.15) is 5.75 Å². The zero-order chi connectivity index (χ0) is 21.0. The van der Waals surface area contributed by atoms with E-state index in [9.17, 15) is 13.2 Å². The summed E-state index contributed by atoms with van der Waals surface area (Å²) in [5, 5.41) is 0.251. The molecule has 29 heavy (non-hydrogen) atoms. The van der Waals surface area contributed by atoms with Crippen molar-refractivity contribution >= 4 is 33.2 Å². The third-order valence-corrected chi connectivity index (χ3v) is 7.20. The molecule has 0 bridgehead atoms. The monoisotopic (exact) mass is 436 g/mol. The van der Waals surface area contributed by atoms with Crippen LogP contribution in [-0.4, -0.2) is 45.4 Å². The summed E-state index contributed by atoms with van der Waals surface area (Å²) in [6, 6.07) is 13.8. The van der Waals surface area contributed by atoms with Gasteiger partial charge in [0.25, 0.3) is 0 Å². The van der Waals surface area contributed by atoms with Gasteiger partial charge in [-0.15, -0.1) is 0 Å². The molecule has 8 heteroatoms. The summed E-state index contributed by atoms with van der Waals surface area (Å²) < 4.78 is 33.0. The first-order valence-electron chi connectivity index (χ1n) is 9.59. The molecule has 1 heterocycles. The van der Waals surface area contributed by atoms with Crippen molar-refractivity contribution in [2.45, 2.75) is 24.7 Å². The minimum absolute atomic E-state index is 0.0826. The van der Waals surface area contributed by atoms with Gasteiger partial charge in [0.2, 0.25) is 15.9 Å². The lowest BCUT2D eigenvalue weighted by molar-refractivity contribution is -0.123. The number of benzene rings is 2. The van der Waals surface area contributed by atoms with E-state index in [0.29, 0.717) is 31.7 Å². The number of piperidine rings is 1. The molecule has 0 spiro atoms. The van der Waals surface area contributed by atoms with Crippen LogP contribution in [0, 0.1) is 5.92 Å². The van der Waals surface area contributed by atoms with Crippen LogP contribution in [0.1, 0.15) is 19.8 Å². The highest BCUT2D eigenvalue weighted by atomic mass is 35.5. The smallest absolute Gasteiger partial charge is 0.243 e. The summed E-state index contributed by atoms with van der Waals surface area (Å²) in [7, 11) is -2.03. The summed E-state index contributed by atoms with van der Waals surface area (Å²) in [6.45, 7) is 2.81. The van der Waals surface area contributed by atoms with Crippen LogP contribution in [0.3, 0.4) is 0 Å². The zero-order valence-electron chi connectivity index (χ0n) is 16.5. The molecule has 2 aromatic carbocycles. The van der Waals surface area contributed by atoms with Gasteiger partial charge in [-0.2, -0.15) is 4.31 Å². The van der Waals surface area contributed by atoms with E-state index in [2.05, 4.69) is 0 Å². The van der Waals surface area contributed by atoms with Gasteiger partial charge < -0.3 is 9.64 Å². The summed E-state index contributed by atoms with van der Waals surface area (Å²) in [5.74, 6) is -0.0213. The van der Waals surface area contributed by atoms with Crippen molar-refractivity contribution in [1.29, 1.82) is 0 Å². The van der Waals surface area contributed by atoms with Crippen LogP contribution in [0.5, 0.6) is 5.75 Å². The molecule has 1 aliphatic rings. The minimum Gasteiger partial charge on any atom is -0.492 e. The van der Waals surface area contributed by atoms with E-state index in [-0.39, 0.29) is 28.3 Å². The number of ether oxygens (including phenoxy) is 1. The van der Waals surface area contributed by atoms with Gasteiger partial charge in [-0.3, -0.25) is 4.79 Å². The number of sulfonamides is 1. The van der Waals surface area contributed by atoms with Gasteiger partial charge in [-0.1, -0.05) is 29.8 Å². The Balaban J connectivity index is 1.77. The van der Waals surface area contributed by atoms with Crippen molar-refractivity contribution in [3.8, 4) is 5.75 Å². The lowest BCUT2D eigenvalue weighted by Crippen LogP contribution is -2.45. The van der Waals surface area contributed by atoms with Crippen molar-refractivity contribution < 1.29 is 17.9 Å². The van der Waals surface area contributed by atoms with Crippen molar-refractivity contribution in [2.24, 2.45) is 5.92 Å². The molecular weight excluding hydrogens is 412 g/mol. The number of carbonyl (C=O) groups excluding carboxylic acids is 1. The predicted octanol–water partition coefficient (Wildman–Crippen LogP) is 3.80. The van der Waals surface area contributed by atoms with E-state index in [4.69, 9.17) is 16.3 Å². The quantitative estimate of drug-likeness (QED) is 0.690. The maximum atomic E-state index is 13.1. The third kappa shape index (κ3) is 4.74. The summed E-state index contributed by atoms with van der Waals surface area (Å²) >= 11 is 6.17. The Hall–Kier alpha value is -2.09. The molecule has 0 saturated carbocycles. The first kappa shape index (κ1) is 21.6. The number of amides is 1. The maximum absolute atomic E-state index is 13.1. The second-order valence-electron chi connectivity index (χ2n) is 6.96.